The second-order valence-corrected chi connectivity index (χ2v) is 5.18. The molecule has 3 aromatic carbocycles. The van der Waals surface area contributed by atoms with Crippen LogP contribution in [0.15, 0.2) is 66.7 Å². The van der Waals surface area contributed by atoms with Crippen LogP contribution in [0, 0.1) is 0 Å². The van der Waals surface area contributed by atoms with Crippen LogP contribution in [0.25, 0.3) is 10.8 Å². The van der Waals surface area contributed by atoms with Gasteiger partial charge in [-0.05, 0) is 35.0 Å². The number of carbonyl (C=O) groups is 1. The molecule has 0 aliphatic carbocycles. The number of hydrazine groups is 1. The number of amides is 1. The van der Waals surface area contributed by atoms with Crippen molar-refractivity contribution in [3.05, 3.63) is 77.9 Å². The Morgan fingerprint density at radius 1 is 0.833 bits per heavy atom. The molecule has 0 spiro atoms. The fourth-order valence-electron chi connectivity index (χ4n) is 2.37. The van der Waals surface area contributed by atoms with Gasteiger partial charge in [-0.15, -0.1) is 0 Å². The third-order valence-corrected chi connectivity index (χ3v) is 3.55. The maximum absolute atomic E-state index is 12.9. The third-order valence-electron chi connectivity index (χ3n) is 3.55. The van der Waals surface area contributed by atoms with Crippen molar-refractivity contribution < 1.29 is 18.0 Å². The number of halogens is 3. The van der Waals surface area contributed by atoms with Crippen molar-refractivity contribution in [1.82, 2.24) is 5.43 Å². The smallest absolute Gasteiger partial charge is 0.298 e. The molecule has 0 bridgehead atoms. The summed E-state index contributed by atoms with van der Waals surface area (Å²) in [5, 5.41) is 1.85. The van der Waals surface area contributed by atoms with Gasteiger partial charge in [-0.2, -0.15) is 13.2 Å². The van der Waals surface area contributed by atoms with Crippen LogP contribution in [0.1, 0.15) is 15.9 Å². The first-order valence-corrected chi connectivity index (χ1v) is 7.16. The Morgan fingerprint density at radius 3 is 2.25 bits per heavy atom. The lowest BCUT2D eigenvalue weighted by Crippen LogP contribution is -2.30. The summed E-state index contributed by atoms with van der Waals surface area (Å²) in [5.41, 5.74) is 3.95. The van der Waals surface area contributed by atoms with Gasteiger partial charge in [0.25, 0.3) is 5.91 Å². The Morgan fingerprint density at radius 2 is 1.50 bits per heavy atom. The lowest BCUT2D eigenvalue weighted by Gasteiger charge is -2.15. The van der Waals surface area contributed by atoms with Crippen LogP contribution in [0.2, 0.25) is 0 Å². The first-order chi connectivity index (χ1) is 11.4. The lowest BCUT2D eigenvalue weighted by molar-refractivity contribution is -0.137. The van der Waals surface area contributed by atoms with Crippen LogP contribution in [0.4, 0.5) is 18.9 Å². The molecule has 3 aromatic rings. The van der Waals surface area contributed by atoms with Gasteiger partial charge in [-0.3, -0.25) is 15.6 Å². The molecule has 0 unspecified atom stereocenters. The monoisotopic (exact) mass is 330 g/mol. The van der Waals surface area contributed by atoms with E-state index in [1.165, 1.54) is 18.2 Å². The predicted octanol–water partition coefficient (Wildman–Crippen LogP) is 4.62. The highest BCUT2D eigenvalue weighted by Gasteiger charge is 2.33. The van der Waals surface area contributed by atoms with Crippen molar-refractivity contribution in [3.63, 3.8) is 0 Å². The van der Waals surface area contributed by atoms with Gasteiger partial charge in [0.1, 0.15) is 0 Å². The molecule has 0 fully saturated rings. The molecule has 0 radical (unpaired) electrons. The molecule has 0 heterocycles. The summed E-state index contributed by atoms with van der Waals surface area (Å²) in [5.74, 6) is -0.516. The van der Waals surface area contributed by atoms with Crippen LogP contribution < -0.4 is 10.9 Å². The third kappa shape index (κ3) is 3.32. The number of benzene rings is 3. The van der Waals surface area contributed by atoms with E-state index < -0.39 is 17.6 Å². The molecule has 6 heteroatoms. The van der Waals surface area contributed by atoms with Crippen molar-refractivity contribution in [2.45, 2.75) is 6.18 Å². The second-order valence-electron chi connectivity index (χ2n) is 5.18. The summed E-state index contributed by atoms with van der Waals surface area (Å²) in [6.45, 7) is 0. The Labute approximate surface area is 136 Å². The van der Waals surface area contributed by atoms with E-state index >= 15 is 0 Å². The normalized spacial score (nSPS) is 11.3. The van der Waals surface area contributed by atoms with Crippen LogP contribution in [0.3, 0.4) is 0 Å². The highest BCUT2D eigenvalue weighted by molar-refractivity contribution is 5.99. The number of para-hydroxylation sites is 1. The molecule has 24 heavy (non-hydrogen) atoms. The Kier molecular flexibility index (Phi) is 4.12. The van der Waals surface area contributed by atoms with Crippen molar-refractivity contribution in [2.75, 3.05) is 5.43 Å². The average molecular weight is 330 g/mol. The highest BCUT2D eigenvalue weighted by Crippen LogP contribution is 2.34. The second kappa shape index (κ2) is 6.23. The maximum Gasteiger partial charge on any atom is 0.418 e. The molecule has 0 atom stereocenters. The van der Waals surface area contributed by atoms with E-state index in [0.29, 0.717) is 5.56 Å². The first kappa shape index (κ1) is 15.9. The minimum absolute atomic E-state index is 0.209. The SMILES string of the molecule is O=C(NNc1ccccc1C(F)(F)F)c1ccc2ccccc2c1. The lowest BCUT2D eigenvalue weighted by atomic mass is 10.1. The summed E-state index contributed by atoms with van der Waals surface area (Å²) in [6, 6.07) is 17.5. The van der Waals surface area contributed by atoms with Crippen molar-refractivity contribution in [3.8, 4) is 0 Å². The van der Waals surface area contributed by atoms with Gasteiger partial charge in [0.2, 0.25) is 0 Å². The molecule has 0 aliphatic heterocycles. The fourth-order valence-corrected chi connectivity index (χ4v) is 2.37. The predicted molar refractivity (Wildman–Crippen MR) is 86.5 cm³/mol. The number of fused-ring (bicyclic) bond motifs is 1. The molecule has 0 saturated heterocycles. The summed E-state index contributed by atoms with van der Waals surface area (Å²) >= 11 is 0. The van der Waals surface area contributed by atoms with E-state index in [2.05, 4.69) is 10.9 Å². The molecule has 0 aliphatic rings. The number of anilines is 1. The quantitative estimate of drug-likeness (QED) is 0.688. The highest BCUT2D eigenvalue weighted by atomic mass is 19.4. The van der Waals surface area contributed by atoms with Gasteiger partial charge in [-0.1, -0.05) is 42.5 Å². The van der Waals surface area contributed by atoms with Gasteiger partial charge >= 0.3 is 6.18 Å². The molecule has 2 N–H and O–H groups in total. The van der Waals surface area contributed by atoms with Gasteiger partial charge in [0, 0.05) is 5.56 Å². The molecule has 0 aromatic heterocycles. The summed E-state index contributed by atoms with van der Waals surface area (Å²) in [7, 11) is 0. The Bertz CT molecular complexity index is 891. The number of hydrogen-bond acceptors (Lipinski definition) is 2. The van der Waals surface area contributed by atoms with E-state index in [-0.39, 0.29) is 5.69 Å². The standard InChI is InChI=1S/C18H13F3N2O/c19-18(20,21)15-7-3-4-8-16(15)22-23-17(24)14-10-9-12-5-1-2-6-13(12)11-14/h1-11,22H,(H,23,24). The molecule has 3 nitrogen and oxygen atoms in total. The van der Waals surface area contributed by atoms with E-state index in [1.54, 1.807) is 18.2 Å². The van der Waals surface area contributed by atoms with E-state index in [4.69, 9.17) is 0 Å². The Balaban J connectivity index is 1.78. The Hall–Kier alpha value is -3.02. The molecular weight excluding hydrogens is 317 g/mol. The number of hydrogen-bond donors (Lipinski definition) is 2. The topological polar surface area (TPSA) is 41.1 Å². The molecular formula is C18H13F3N2O. The zero-order valence-electron chi connectivity index (χ0n) is 12.4. The fraction of sp³-hybridized carbons (Fsp3) is 0.0556. The zero-order chi connectivity index (χ0) is 17.2. The average Bonchev–Trinajstić information content (AvgIpc) is 2.58. The summed E-state index contributed by atoms with van der Waals surface area (Å²) in [6.07, 6.45) is -4.50. The first-order valence-electron chi connectivity index (χ1n) is 7.16. The molecule has 0 saturated carbocycles. The maximum atomic E-state index is 12.9. The van der Waals surface area contributed by atoms with Crippen LogP contribution in [-0.2, 0) is 6.18 Å². The van der Waals surface area contributed by atoms with Gasteiger partial charge in [0.05, 0.1) is 11.3 Å². The number of nitrogens with one attached hydrogen (secondary N) is 2. The van der Waals surface area contributed by atoms with Crippen molar-refractivity contribution in [1.29, 1.82) is 0 Å². The van der Waals surface area contributed by atoms with Gasteiger partial charge < -0.3 is 0 Å². The van der Waals surface area contributed by atoms with Crippen LogP contribution in [0.5, 0.6) is 0 Å². The van der Waals surface area contributed by atoms with Crippen LogP contribution in [-0.4, -0.2) is 5.91 Å². The molecule has 1 amide bonds. The van der Waals surface area contributed by atoms with Crippen LogP contribution >= 0.6 is 0 Å². The van der Waals surface area contributed by atoms with E-state index in [9.17, 15) is 18.0 Å². The number of rotatable bonds is 3. The van der Waals surface area contributed by atoms with Crippen molar-refractivity contribution >= 4 is 22.4 Å². The van der Waals surface area contributed by atoms with E-state index in [0.717, 1.165) is 16.8 Å². The molecule has 3 rings (SSSR count). The van der Waals surface area contributed by atoms with Gasteiger partial charge in [-0.25, -0.2) is 0 Å². The largest absolute Gasteiger partial charge is 0.418 e. The number of carbonyl (C=O) groups excluding carboxylic acids is 1. The van der Waals surface area contributed by atoms with Gasteiger partial charge in [0.15, 0.2) is 0 Å². The van der Waals surface area contributed by atoms with Crippen molar-refractivity contribution in [2.24, 2.45) is 0 Å². The minimum Gasteiger partial charge on any atom is -0.298 e. The minimum atomic E-state index is -4.50. The molecule has 122 valence electrons. The summed E-state index contributed by atoms with van der Waals surface area (Å²) < 4.78 is 38.8. The number of alkyl halides is 3. The van der Waals surface area contributed by atoms with E-state index in [1.807, 2.05) is 24.3 Å². The zero-order valence-corrected chi connectivity index (χ0v) is 12.4. The summed E-state index contributed by atoms with van der Waals surface area (Å²) in [4.78, 5) is 12.2.